The van der Waals surface area contributed by atoms with Gasteiger partial charge in [-0.05, 0) is 83.6 Å². The molecule has 2 aliphatic carbocycles. The minimum atomic E-state index is -1.08. The Morgan fingerprint density at radius 2 is 1.55 bits per heavy atom. The molecule has 0 bridgehead atoms. The molecule has 3 amide bonds. The Morgan fingerprint density at radius 3 is 2.12 bits per heavy atom. The van der Waals surface area contributed by atoms with Crippen LogP contribution in [-0.4, -0.2) is 61.7 Å². The number of nitrogens with zero attached hydrogens (tertiary/aromatic N) is 1. The van der Waals surface area contributed by atoms with Gasteiger partial charge in [-0.15, -0.1) is 11.8 Å². The van der Waals surface area contributed by atoms with E-state index in [2.05, 4.69) is 10.6 Å². The first-order valence-electron chi connectivity index (χ1n) is 13.4. The molecule has 11 heteroatoms. The van der Waals surface area contributed by atoms with Crippen LogP contribution in [0, 0.1) is 63.7 Å². The Labute approximate surface area is 263 Å². The molecule has 2 aliphatic heterocycles. The molecule has 2 saturated heterocycles. The third-order valence-corrected chi connectivity index (χ3v) is 8.59. The fourth-order valence-corrected chi connectivity index (χ4v) is 6.62. The molecule has 0 spiro atoms. The third-order valence-electron chi connectivity index (χ3n) is 7.02. The van der Waals surface area contributed by atoms with Crippen LogP contribution in [0.5, 0.6) is 0 Å². The number of benzene rings is 1. The van der Waals surface area contributed by atoms with E-state index in [4.69, 9.17) is 0 Å². The number of carbonyl (C=O) groups excluding carboxylic acids is 4. The Morgan fingerprint density at radius 1 is 0.952 bits per heavy atom. The van der Waals surface area contributed by atoms with Gasteiger partial charge in [0.05, 0.1) is 0 Å². The summed E-state index contributed by atoms with van der Waals surface area (Å²) in [5.74, 6) is -1.93. The summed E-state index contributed by atoms with van der Waals surface area (Å²) < 4.78 is -0.710. The molecule has 1 aromatic rings. The number of carbonyl (C=O) groups is 5. The molecule has 9 nitrogen and oxygen atoms in total. The number of hydrogen-bond acceptors (Lipinski definition) is 6. The summed E-state index contributed by atoms with van der Waals surface area (Å²) in [7, 11) is 0. The van der Waals surface area contributed by atoms with Crippen molar-refractivity contribution in [2.75, 3.05) is 0 Å². The number of carboxylic acids is 1. The van der Waals surface area contributed by atoms with Gasteiger partial charge < -0.3 is 20.6 Å². The van der Waals surface area contributed by atoms with Gasteiger partial charge in [-0.1, -0.05) is 30.3 Å². The van der Waals surface area contributed by atoms with E-state index in [1.54, 1.807) is 69.9 Å². The Bertz CT molecular complexity index is 1120. The van der Waals surface area contributed by atoms with Gasteiger partial charge in [0.15, 0.2) is 0 Å². The van der Waals surface area contributed by atoms with Crippen LogP contribution >= 0.6 is 11.8 Å². The predicted octanol–water partition coefficient (Wildman–Crippen LogP) is 2.64. The predicted molar refractivity (Wildman–Crippen MR) is 154 cm³/mol. The van der Waals surface area contributed by atoms with E-state index < -0.39 is 51.9 Å². The molecular formula is C31H33FeN3O6S+2. The van der Waals surface area contributed by atoms with Crippen LogP contribution in [0.4, 0.5) is 0 Å². The second-order valence-electron chi connectivity index (χ2n) is 10.4. The van der Waals surface area contributed by atoms with Gasteiger partial charge in [-0.2, -0.15) is 0 Å². The van der Waals surface area contributed by atoms with E-state index in [1.807, 2.05) is 32.1 Å². The van der Waals surface area contributed by atoms with E-state index in [1.165, 1.54) is 16.7 Å². The van der Waals surface area contributed by atoms with Crippen LogP contribution in [0.3, 0.4) is 0 Å². The maximum absolute atomic E-state index is 13.3. The summed E-state index contributed by atoms with van der Waals surface area (Å²) in [5.41, 5.74) is 0.544. The van der Waals surface area contributed by atoms with Crippen LogP contribution in [0.25, 0.3) is 0 Å². The smallest absolute Gasteiger partial charge is 0.480 e. The fraction of sp³-hybridized carbons (Fsp3) is 0.323. The fourth-order valence-electron chi connectivity index (χ4n) is 5.00. The largest absolute Gasteiger partial charge is 2.00 e. The molecule has 0 unspecified atom stereocenters. The van der Waals surface area contributed by atoms with Crippen molar-refractivity contribution in [2.24, 2.45) is 0 Å². The second-order valence-corrected chi connectivity index (χ2v) is 12.2. The molecule has 2 saturated carbocycles. The normalized spacial score (nSPS) is 24.8. The van der Waals surface area contributed by atoms with E-state index in [9.17, 15) is 29.1 Å². The second kappa shape index (κ2) is 15.4. The molecule has 1 aromatic carbocycles. The summed E-state index contributed by atoms with van der Waals surface area (Å²) >= 11 is 1.33. The number of nitrogens with one attached hydrogen (secondary N) is 2. The van der Waals surface area contributed by atoms with Crippen molar-refractivity contribution >= 4 is 41.2 Å². The van der Waals surface area contributed by atoms with E-state index in [0.717, 1.165) is 0 Å². The maximum atomic E-state index is 13.3. The van der Waals surface area contributed by atoms with Gasteiger partial charge >= 0.3 is 23.0 Å². The first kappa shape index (κ1) is 34.1. The Balaban J connectivity index is 0.000000730. The Kier molecular flexibility index (Phi) is 12.5. The van der Waals surface area contributed by atoms with E-state index in [-0.39, 0.29) is 35.7 Å². The molecule has 5 rings (SSSR count). The molecule has 3 N–H and O–H groups in total. The van der Waals surface area contributed by atoms with Crippen LogP contribution in [0.15, 0.2) is 30.3 Å². The van der Waals surface area contributed by atoms with Crippen LogP contribution in [0.2, 0.25) is 0 Å². The number of rotatable bonds is 10. The summed E-state index contributed by atoms with van der Waals surface area (Å²) in [6.07, 6.45) is 17.6. The third kappa shape index (κ3) is 8.17. The minimum Gasteiger partial charge on any atom is -0.480 e. The van der Waals surface area contributed by atoms with E-state index >= 15 is 0 Å². The molecule has 4 aliphatic rings. The average molecular weight is 632 g/mol. The van der Waals surface area contributed by atoms with Gasteiger partial charge in [0.2, 0.25) is 17.7 Å². The zero-order chi connectivity index (χ0) is 29.6. The number of Topliss-reactive ketones (excluding diaryl/α,β-unsaturated/α-hetero) is 1. The first-order valence-corrected chi connectivity index (χ1v) is 14.3. The summed E-state index contributed by atoms with van der Waals surface area (Å²) in [5, 5.41) is 14.5. The van der Waals surface area contributed by atoms with Crippen LogP contribution in [-0.2, 0) is 41.0 Å². The van der Waals surface area contributed by atoms with Crippen LogP contribution in [0.1, 0.15) is 44.7 Å². The zero-order valence-electron chi connectivity index (χ0n) is 23.2. The molecule has 2 heterocycles. The molecular weight excluding hydrogens is 598 g/mol. The quantitative estimate of drug-likeness (QED) is 0.267. The topological polar surface area (TPSA) is 133 Å². The number of fused-ring (bicyclic) bond motifs is 1. The van der Waals surface area contributed by atoms with Gasteiger partial charge in [0.25, 0.3) is 0 Å². The number of hydrogen-bond donors (Lipinski definition) is 3. The summed E-state index contributed by atoms with van der Waals surface area (Å²) in [6.45, 7) is 3.52. The number of amides is 3. The molecule has 4 atom stereocenters. The standard InChI is InChI=1S/C26H28N3O6S.C5H5.Fe/c1-26(2)21(25(34)35)29-23(33)20(24(29)36-26)28-22(32)19(16-11-4-3-5-12-16)27-18(31)14-8-13-17(30)15-9-6-7-10-15;1-2-4-5-3-1;/h3-7,9-12,19-21,24H,8,13-14H2,1-2H3,(H,27,31)(H,28,32)(H,34,35);1-5H;/q;;+2/t19-,20-,21+,24-;;/m1../s1. The van der Waals surface area contributed by atoms with Crippen molar-refractivity contribution in [2.45, 2.75) is 61.4 Å². The molecule has 0 aromatic heterocycles. The Hall–Kier alpha value is -2.36. The molecule has 220 valence electrons. The number of thioether (sulfide) groups is 1. The minimum absolute atomic E-state index is 0. The van der Waals surface area contributed by atoms with Crippen LogP contribution < -0.4 is 10.6 Å². The SMILES string of the molecule is CC1(C)S[C@@H]2[C@H](NC(=O)[C@H](NC(=O)CCCC(=O)[C]3[CH][CH][CH][CH]3)c3ccccc3)C(=O)N2[C@H]1C(=O)O.[CH]1[CH][CH][CH][CH]1.[Fe+2]. The molecule has 4 fully saturated rings. The van der Waals surface area contributed by atoms with Crippen molar-refractivity contribution < 1.29 is 46.1 Å². The first-order chi connectivity index (χ1) is 19.6. The van der Waals surface area contributed by atoms with Gasteiger partial charge in [0, 0.05) is 23.5 Å². The van der Waals surface area contributed by atoms with Crippen molar-refractivity contribution in [3.63, 3.8) is 0 Å². The van der Waals surface area contributed by atoms with Gasteiger partial charge in [0.1, 0.15) is 29.3 Å². The van der Waals surface area contributed by atoms with Crippen molar-refractivity contribution in [1.82, 2.24) is 15.5 Å². The number of β-lactam (4-membered cyclic amide) rings is 1. The number of carboxylic acid groups (broad SMARTS) is 1. The zero-order valence-corrected chi connectivity index (χ0v) is 25.1. The summed E-state index contributed by atoms with van der Waals surface area (Å²) in [4.78, 5) is 63.9. The molecule has 42 heavy (non-hydrogen) atoms. The number of aliphatic carboxylic acids is 1. The maximum Gasteiger partial charge on any atom is 2.00 e. The van der Waals surface area contributed by atoms with Crippen molar-refractivity contribution in [1.29, 1.82) is 0 Å². The monoisotopic (exact) mass is 631 g/mol. The van der Waals surface area contributed by atoms with Gasteiger partial charge in [-0.25, -0.2) is 4.79 Å². The summed E-state index contributed by atoms with van der Waals surface area (Å²) in [6, 6.07) is 5.77. The molecule has 10 radical (unpaired) electrons. The van der Waals surface area contributed by atoms with Gasteiger partial charge in [-0.3, -0.25) is 19.2 Å². The van der Waals surface area contributed by atoms with Crippen molar-refractivity contribution in [3.05, 3.63) is 99.6 Å². The average Bonchev–Trinajstić information content (AvgIpc) is 3.73. The van der Waals surface area contributed by atoms with E-state index in [0.29, 0.717) is 17.9 Å². The van der Waals surface area contributed by atoms with Crippen molar-refractivity contribution in [3.8, 4) is 0 Å². The number of ketones is 1.